The number of nitrogens with one attached hydrogen (secondary N) is 1. The first-order valence-electron chi connectivity index (χ1n) is 7.34. The fourth-order valence-corrected chi connectivity index (χ4v) is 4.30. The van der Waals surface area contributed by atoms with Gasteiger partial charge in [0.1, 0.15) is 5.00 Å². The molecule has 0 saturated heterocycles. The zero-order chi connectivity index (χ0) is 17.3. The molecule has 0 atom stereocenters. The van der Waals surface area contributed by atoms with Gasteiger partial charge in [0.25, 0.3) is 5.91 Å². The summed E-state index contributed by atoms with van der Waals surface area (Å²) in [7, 11) is 0. The van der Waals surface area contributed by atoms with Crippen LogP contribution in [-0.2, 0) is 17.6 Å². The molecule has 7 heteroatoms. The van der Waals surface area contributed by atoms with E-state index in [1.54, 1.807) is 24.3 Å². The first-order chi connectivity index (χ1) is 11.5. The molecule has 1 aliphatic carbocycles. The van der Waals surface area contributed by atoms with Crippen LogP contribution in [0.5, 0.6) is 0 Å². The molecule has 0 aliphatic heterocycles. The first kappa shape index (κ1) is 17.0. The van der Waals surface area contributed by atoms with Crippen molar-refractivity contribution in [2.24, 2.45) is 5.73 Å². The molecule has 1 aromatic heterocycles. The van der Waals surface area contributed by atoms with E-state index in [0.717, 1.165) is 35.3 Å². The van der Waals surface area contributed by atoms with E-state index < -0.39 is 5.91 Å². The Morgan fingerprint density at radius 1 is 1.21 bits per heavy atom. The van der Waals surface area contributed by atoms with Crippen LogP contribution in [0.4, 0.5) is 5.00 Å². The minimum absolute atomic E-state index is 0.330. The van der Waals surface area contributed by atoms with Crippen LogP contribution in [0.15, 0.2) is 24.3 Å². The number of benzene rings is 1. The molecular weight excluding hydrogens is 367 g/mol. The number of anilines is 1. The fraction of sp³-hybridized carbons (Fsp3) is 0.176. The van der Waals surface area contributed by atoms with Crippen LogP contribution in [0, 0.1) is 0 Å². The van der Waals surface area contributed by atoms with Gasteiger partial charge in [-0.25, -0.2) is 0 Å². The third-order valence-electron chi connectivity index (χ3n) is 3.78. The minimum atomic E-state index is -0.502. The van der Waals surface area contributed by atoms with E-state index in [1.807, 2.05) is 0 Å². The molecule has 4 nitrogen and oxygen atoms in total. The summed E-state index contributed by atoms with van der Waals surface area (Å²) >= 11 is 13.2. The van der Waals surface area contributed by atoms with Gasteiger partial charge in [0, 0.05) is 11.0 Å². The van der Waals surface area contributed by atoms with Crippen LogP contribution in [-0.4, -0.2) is 11.8 Å². The highest BCUT2D eigenvalue weighted by molar-refractivity contribution is 7.17. The predicted octanol–water partition coefficient (Wildman–Crippen LogP) is 4.29. The fourth-order valence-electron chi connectivity index (χ4n) is 2.69. The van der Waals surface area contributed by atoms with Crippen LogP contribution < -0.4 is 11.1 Å². The van der Waals surface area contributed by atoms with Gasteiger partial charge in [-0.1, -0.05) is 29.3 Å². The molecule has 24 heavy (non-hydrogen) atoms. The lowest BCUT2D eigenvalue weighted by Gasteiger charge is -2.03. The molecule has 1 aliphatic rings. The van der Waals surface area contributed by atoms with Crippen molar-refractivity contribution in [3.05, 3.63) is 55.9 Å². The molecule has 0 bridgehead atoms. The quantitative estimate of drug-likeness (QED) is 0.776. The number of rotatable bonds is 4. The zero-order valence-electron chi connectivity index (χ0n) is 12.6. The van der Waals surface area contributed by atoms with Gasteiger partial charge in [-0.2, -0.15) is 0 Å². The smallest absolute Gasteiger partial charge is 0.251 e. The summed E-state index contributed by atoms with van der Waals surface area (Å²) in [6, 6.07) is 5.09. The molecule has 0 fully saturated rings. The number of halogens is 2. The van der Waals surface area contributed by atoms with Crippen LogP contribution >= 0.6 is 34.5 Å². The lowest BCUT2D eigenvalue weighted by molar-refractivity contribution is -0.111. The number of primary amides is 1. The van der Waals surface area contributed by atoms with Crippen LogP contribution in [0.2, 0.25) is 10.0 Å². The Balaban J connectivity index is 1.77. The van der Waals surface area contributed by atoms with Crippen LogP contribution in [0.3, 0.4) is 0 Å². The predicted molar refractivity (Wildman–Crippen MR) is 99.0 cm³/mol. The van der Waals surface area contributed by atoms with Gasteiger partial charge in [-0.05, 0) is 48.6 Å². The third kappa shape index (κ3) is 3.48. The largest absolute Gasteiger partial charge is 0.365 e. The monoisotopic (exact) mass is 380 g/mol. The van der Waals surface area contributed by atoms with Crippen molar-refractivity contribution in [2.75, 3.05) is 5.32 Å². The summed E-state index contributed by atoms with van der Waals surface area (Å²) in [5.41, 5.74) is 7.66. The molecule has 3 rings (SSSR count). The SMILES string of the molecule is NC(=O)c1c(NC(=O)/C=C/c2ccc(Cl)c(Cl)c2)sc2c1CCC2. The number of hydrogen-bond acceptors (Lipinski definition) is 3. The van der Waals surface area contributed by atoms with E-state index in [1.165, 1.54) is 17.4 Å². The van der Waals surface area contributed by atoms with Gasteiger partial charge in [-0.15, -0.1) is 11.3 Å². The molecule has 3 N–H and O–H groups in total. The molecule has 124 valence electrons. The highest BCUT2D eigenvalue weighted by atomic mass is 35.5. The van der Waals surface area contributed by atoms with E-state index in [0.29, 0.717) is 20.6 Å². The van der Waals surface area contributed by atoms with Gasteiger partial charge in [0.15, 0.2) is 0 Å². The van der Waals surface area contributed by atoms with E-state index in [2.05, 4.69) is 5.32 Å². The average molecular weight is 381 g/mol. The lowest BCUT2D eigenvalue weighted by Crippen LogP contribution is -2.16. The Hall–Kier alpha value is -1.82. The Labute approximate surface area is 153 Å². The van der Waals surface area contributed by atoms with Crippen molar-refractivity contribution in [1.29, 1.82) is 0 Å². The normalized spacial score (nSPS) is 13.2. The number of thiophene rings is 1. The maximum atomic E-state index is 12.1. The lowest BCUT2D eigenvalue weighted by atomic mass is 10.1. The second-order valence-electron chi connectivity index (χ2n) is 5.42. The molecule has 0 unspecified atom stereocenters. The van der Waals surface area contributed by atoms with Crippen molar-refractivity contribution in [1.82, 2.24) is 0 Å². The van der Waals surface area contributed by atoms with Crippen LogP contribution in [0.1, 0.15) is 32.8 Å². The van der Waals surface area contributed by atoms with Gasteiger partial charge < -0.3 is 11.1 Å². The van der Waals surface area contributed by atoms with Crippen molar-refractivity contribution in [3.8, 4) is 0 Å². The van der Waals surface area contributed by atoms with E-state index in [4.69, 9.17) is 28.9 Å². The van der Waals surface area contributed by atoms with Crippen molar-refractivity contribution in [3.63, 3.8) is 0 Å². The van der Waals surface area contributed by atoms with Gasteiger partial charge >= 0.3 is 0 Å². The Bertz CT molecular complexity index is 859. The second kappa shape index (κ2) is 6.97. The van der Waals surface area contributed by atoms with E-state index in [-0.39, 0.29) is 5.91 Å². The van der Waals surface area contributed by atoms with Gasteiger partial charge in [0.2, 0.25) is 5.91 Å². The van der Waals surface area contributed by atoms with E-state index >= 15 is 0 Å². The minimum Gasteiger partial charge on any atom is -0.365 e. The number of fused-ring (bicyclic) bond motifs is 1. The third-order valence-corrected chi connectivity index (χ3v) is 5.72. The summed E-state index contributed by atoms with van der Waals surface area (Å²) in [6.07, 6.45) is 5.79. The Morgan fingerprint density at radius 3 is 2.71 bits per heavy atom. The number of carbonyl (C=O) groups excluding carboxylic acids is 2. The Kier molecular flexibility index (Phi) is 4.94. The summed E-state index contributed by atoms with van der Waals surface area (Å²) < 4.78 is 0. The molecule has 1 aromatic carbocycles. The number of nitrogens with two attached hydrogens (primary N) is 1. The Morgan fingerprint density at radius 2 is 2.00 bits per heavy atom. The van der Waals surface area contributed by atoms with Gasteiger partial charge in [0.05, 0.1) is 15.6 Å². The number of hydrogen-bond donors (Lipinski definition) is 2. The second-order valence-corrected chi connectivity index (χ2v) is 7.34. The molecule has 1 heterocycles. The summed E-state index contributed by atoms with van der Waals surface area (Å²) in [4.78, 5) is 25.0. The molecule has 0 radical (unpaired) electrons. The maximum Gasteiger partial charge on any atom is 0.251 e. The molecule has 2 amide bonds. The zero-order valence-corrected chi connectivity index (χ0v) is 14.9. The van der Waals surface area contributed by atoms with E-state index in [9.17, 15) is 9.59 Å². The van der Waals surface area contributed by atoms with Gasteiger partial charge in [-0.3, -0.25) is 9.59 Å². The summed E-state index contributed by atoms with van der Waals surface area (Å²) in [6.45, 7) is 0. The van der Waals surface area contributed by atoms with Crippen molar-refractivity contribution >= 4 is 57.4 Å². The molecular formula is C17H14Cl2N2O2S. The highest BCUT2D eigenvalue weighted by Gasteiger charge is 2.25. The molecule has 0 spiro atoms. The maximum absolute atomic E-state index is 12.1. The van der Waals surface area contributed by atoms with Crippen molar-refractivity contribution < 1.29 is 9.59 Å². The van der Waals surface area contributed by atoms with Crippen LogP contribution in [0.25, 0.3) is 6.08 Å². The van der Waals surface area contributed by atoms with Crippen molar-refractivity contribution in [2.45, 2.75) is 19.3 Å². The summed E-state index contributed by atoms with van der Waals surface area (Å²) in [5.74, 6) is -0.832. The summed E-state index contributed by atoms with van der Waals surface area (Å²) in [5, 5.41) is 4.15. The molecule has 2 aromatic rings. The average Bonchev–Trinajstić information content (AvgIpc) is 3.08. The topological polar surface area (TPSA) is 72.2 Å². The highest BCUT2D eigenvalue weighted by Crippen LogP contribution is 2.38. The first-order valence-corrected chi connectivity index (χ1v) is 8.91. The number of amides is 2. The standard InChI is InChI=1S/C17H14Cl2N2O2S/c18-11-6-4-9(8-12(11)19)5-7-14(22)21-17-15(16(20)23)10-2-1-3-13(10)24-17/h4-8H,1-3H2,(H2,20,23)(H,21,22)/b7-5+. The number of carbonyl (C=O) groups is 2. The number of aryl methyl sites for hydroxylation is 1. The molecule has 0 saturated carbocycles.